The maximum atomic E-state index is 5.89. The van der Waals surface area contributed by atoms with Gasteiger partial charge in [0.1, 0.15) is 5.82 Å². The normalized spacial score (nSPS) is 18.4. The third-order valence-electron chi connectivity index (χ3n) is 4.57. The molecule has 3 heterocycles. The highest BCUT2D eigenvalue weighted by Crippen LogP contribution is 2.27. The van der Waals surface area contributed by atoms with Gasteiger partial charge in [-0.05, 0) is 49.2 Å². The molecule has 5 nitrogen and oxygen atoms in total. The number of nitrogens with zero attached hydrogens (tertiary/aromatic N) is 4. The van der Waals surface area contributed by atoms with Crippen LogP contribution in [0.5, 0.6) is 0 Å². The molecule has 1 aliphatic heterocycles. The monoisotopic (exact) mass is 343 g/mol. The van der Waals surface area contributed by atoms with E-state index in [2.05, 4.69) is 37.8 Å². The number of hydrogen-bond donors (Lipinski definition) is 1. The lowest BCUT2D eigenvalue weighted by Crippen LogP contribution is -2.34. The molecule has 1 fully saturated rings. The van der Waals surface area contributed by atoms with E-state index < -0.39 is 0 Å². The molecular weight excluding hydrogens is 322 g/mol. The molecule has 0 saturated carbocycles. The fourth-order valence-corrected chi connectivity index (χ4v) is 3.50. The number of pyridine rings is 1. The van der Waals surface area contributed by atoms with Crippen LogP contribution in [0.4, 0.5) is 5.69 Å². The molecule has 1 aromatic carbocycles. The Labute approximate surface area is 147 Å². The Hall–Kier alpha value is -2.11. The van der Waals surface area contributed by atoms with Crippen molar-refractivity contribution in [3.8, 4) is 0 Å². The van der Waals surface area contributed by atoms with Crippen LogP contribution in [0.15, 0.2) is 48.7 Å². The molecule has 24 heavy (non-hydrogen) atoms. The maximum absolute atomic E-state index is 5.89. The lowest BCUT2D eigenvalue weighted by atomic mass is 9.96. The minimum Gasteiger partial charge on any atom is -0.399 e. The Kier molecular flexibility index (Phi) is 5.02. The summed E-state index contributed by atoms with van der Waals surface area (Å²) in [4.78, 5) is 2.49. The van der Waals surface area contributed by atoms with E-state index in [0.29, 0.717) is 5.92 Å². The first-order chi connectivity index (χ1) is 11.3. The smallest absolute Gasteiger partial charge is 0.160 e. The summed E-state index contributed by atoms with van der Waals surface area (Å²) in [5, 5.41) is 8.73. The molecule has 4 rings (SSSR count). The van der Waals surface area contributed by atoms with Gasteiger partial charge in [-0.1, -0.05) is 18.2 Å². The minimum atomic E-state index is 0. The molecule has 0 spiro atoms. The van der Waals surface area contributed by atoms with Crippen LogP contribution in [0.3, 0.4) is 0 Å². The van der Waals surface area contributed by atoms with Gasteiger partial charge in [0.05, 0.1) is 0 Å². The zero-order valence-corrected chi connectivity index (χ0v) is 14.3. The second-order valence-corrected chi connectivity index (χ2v) is 6.31. The number of halogens is 1. The zero-order chi connectivity index (χ0) is 15.6. The first kappa shape index (κ1) is 16.7. The standard InChI is InChI=1S/C18H21N5.ClH/c19-16-7-3-5-14(11-16)12-22-9-4-6-15(13-22)18-21-20-17-8-1-2-10-23(17)18;/h1-3,5,7-8,10-11,15H,4,6,9,12-13,19H2;1H. The third-order valence-corrected chi connectivity index (χ3v) is 4.57. The number of anilines is 1. The van der Waals surface area contributed by atoms with Gasteiger partial charge in [-0.25, -0.2) is 0 Å². The highest BCUT2D eigenvalue weighted by atomic mass is 35.5. The van der Waals surface area contributed by atoms with Gasteiger partial charge in [0.25, 0.3) is 0 Å². The van der Waals surface area contributed by atoms with E-state index in [1.54, 1.807) is 0 Å². The van der Waals surface area contributed by atoms with Crippen molar-refractivity contribution in [3.05, 3.63) is 60.0 Å². The van der Waals surface area contributed by atoms with Crippen LogP contribution in [0.2, 0.25) is 0 Å². The van der Waals surface area contributed by atoms with Gasteiger partial charge in [-0.3, -0.25) is 9.30 Å². The molecule has 0 radical (unpaired) electrons. The molecule has 6 heteroatoms. The molecule has 1 unspecified atom stereocenters. The summed E-state index contributed by atoms with van der Waals surface area (Å²) in [6, 6.07) is 14.2. The van der Waals surface area contributed by atoms with E-state index in [4.69, 9.17) is 5.73 Å². The zero-order valence-electron chi connectivity index (χ0n) is 13.5. The molecule has 0 aliphatic carbocycles. The second-order valence-electron chi connectivity index (χ2n) is 6.31. The Morgan fingerprint density at radius 2 is 2.04 bits per heavy atom. The van der Waals surface area contributed by atoms with Crippen LogP contribution < -0.4 is 5.73 Å². The number of likely N-dealkylation sites (tertiary alicyclic amines) is 1. The predicted molar refractivity (Wildman–Crippen MR) is 98.3 cm³/mol. The van der Waals surface area contributed by atoms with Gasteiger partial charge in [-0.15, -0.1) is 22.6 Å². The van der Waals surface area contributed by atoms with Crippen LogP contribution in [0, 0.1) is 0 Å². The summed E-state index contributed by atoms with van der Waals surface area (Å²) >= 11 is 0. The fraction of sp³-hybridized carbons (Fsp3) is 0.333. The summed E-state index contributed by atoms with van der Waals surface area (Å²) < 4.78 is 2.12. The van der Waals surface area contributed by atoms with E-state index in [1.165, 1.54) is 18.4 Å². The van der Waals surface area contributed by atoms with Crippen molar-refractivity contribution < 1.29 is 0 Å². The van der Waals surface area contributed by atoms with Gasteiger partial charge in [0.15, 0.2) is 5.65 Å². The lowest BCUT2D eigenvalue weighted by Gasteiger charge is -2.32. The number of nitrogens with two attached hydrogens (primary N) is 1. The fourth-order valence-electron chi connectivity index (χ4n) is 3.50. The van der Waals surface area contributed by atoms with Crippen molar-refractivity contribution in [2.24, 2.45) is 0 Å². The van der Waals surface area contributed by atoms with E-state index in [1.807, 2.05) is 30.3 Å². The average molecular weight is 344 g/mol. The van der Waals surface area contributed by atoms with Crippen molar-refractivity contribution in [2.75, 3.05) is 18.8 Å². The van der Waals surface area contributed by atoms with Crippen molar-refractivity contribution in [1.29, 1.82) is 0 Å². The minimum absolute atomic E-state index is 0. The Morgan fingerprint density at radius 3 is 2.92 bits per heavy atom. The molecule has 2 aromatic heterocycles. The Balaban J connectivity index is 0.00000169. The van der Waals surface area contributed by atoms with Crippen LogP contribution >= 0.6 is 12.4 Å². The van der Waals surface area contributed by atoms with E-state index >= 15 is 0 Å². The van der Waals surface area contributed by atoms with Crippen LogP contribution in [-0.2, 0) is 6.54 Å². The molecule has 3 aromatic rings. The van der Waals surface area contributed by atoms with Gasteiger partial charge in [0.2, 0.25) is 0 Å². The van der Waals surface area contributed by atoms with Gasteiger partial charge in [-0.2, -0.15) is 0 Å². The van der Waals surface area contributed by atoms with Crippen molar-refractivity contribution in [2.45, 2.75) is 25.3 Å². The second kappa shape index (κ2) is 7.20. The summed E-state index contributed by atoms with van der Waals surface area (Å²) in [6.07, 6.45) is 4.42. The molecule has 1 saturated heterocycles. The number of aromatic nitrogens is 3. The lowest BCUT2D eigenvalue weighted by molar-refractivity contribution is 0.196. The number of nitrogen functional groups attached to an aromatic ring is 1. The first-order valence-corrected chi connectivity index (χ1v) is 8.16. The topological polar surface area (TPSA) is 59.5 Å². The van der Waals surface area contributed by atoms with Crippen molar-refractivity contribution in [3.63, 3.8) is 0 Å². The van der Waals surface area contributed by atoms with Crippen molar-refractivity contribution >= 4 is 23.7 Å². The molecular formula is C18H22ClN5. The molecule has 126 valence electrons. The number of hydrogen-bond acceptors (Lipinski definition) is 4. The quantitative estimate of drug-likeness (QED) is 0.742. The maximum Gasteiger partial charge on any atom is 0.160 e. The van der Waals surface area contributed by atoms with E-state index in [9.17, 15) is 0 Å². The number of benzene rings is 1. The van der Waals surface area contributed by atoms with Gasteiger partial charge < -0.3 is 5.73 Å². The molecule has 1 aliphatic rings. The van der Waals surface area contributed by atoms with Crippen LogP contribution in [-0.4, -0.2) is 32.6 Å². The SMILES string of the molecule is Cl.Nc1cccc(CN2CCCC(c3nnc4ccccn34)C2)c1. The van der Waals surface area contributed by atoms with E-state index in [-0.39, 0.29) is 12.4 Å². The molecule has 1 atom stereocenters. The largest absolute Gasteiger partial charge is 0.399 e. The molecule has 0 bridgehead atoms. The molecule has 2 N–H and O–H groups in total. The summed E-state index contributed by atoms with van der Waals surface area (Å²) in [5.41, 5.74) is 8.92. The summed E-state index contributed by atoms with van der Waals surface area (Å²) in [5.74, 6) is 1.51. The number of fused-ring (bicyclic) bond motifs is 1. The van der Waals surface area contributed by atoms with Crippen LogP contribution in [0.1, 0.15) is 30.1 Å². The molecule has 0 amide bonds. The predicted octanol–water partition coefficient (Wildman–Crippen LogP) is 3.11. The van der Waals surface area contributed by atoms with Gasteiger partial charge in [0, 0.05) is 30.9 Å². The highest BCUT2D eigenvalue weighted by molar-refractivity contribution is 5.85. The first-order valence-electron chi connectivity index (χ1n) is 8.16. The summed E-state index contributed by atoms with van der Waals surface area (Å²) in [6.45, 7) is 3.09. The Morgan fingerprint density at radius 1 is 1.12 bits per heavy atom. The van der Waals surface area contributed by atoms with E-state index in [0.717, 1.165) is 36.8 Å². The average Bonchev–Trinajstić information content (AvgIpc) is 2.99. The highest BCUT2D eigenvalue weighted by Gasteiger charge is 2.25. The van der Waals surface area contributed by atoms with Gasteiger partial charge >= 0.3 is 0 Å². The summed E-state index contributed by atoms with van der Waals surface area (Å²) in [7, 11) is 0. The van der Waals surface area contributed by atoms with Crippen molar-refractivity contribution in [1.82, 2.24) is 19.5 Å². The third kappa shape index (κ3) is 3.37. The Bertz CT molecular complexity index is 816. The van der Waals surface area contributed by atoms with Crippen LogP contribution in [0.25, 0.3) is 5.65 Å². The number of piperidine rings is 1. The number of rotatable bonds is 3.